The number of ether oxygens (including phenoxy) is 1. The molecule has 0 radical (unpaired) electrons. The number of nitrogens with zero attached hydrogens (tertiary/aromatic N) is 1. The highest BCUT2D eigenvalue weighted by molar-refractivity contribution is 5.85. The van der Waals surface area contributed by atoms with Gasteiger partial charge in [-0.1, -0.05) is 42.5 Å². The molecule has 0 aromatic heterocycles. The number of fused-ring (bicyclic) bond motifs is 1. The van der Waals surface area contributed by atoms with Crippen LogP contribution < -0.4 is 0 Å². The van der Waals surface area contributed by atoms with Crippen LogP contribution in [0.4, 0.5) is 0 Å². The molecule has 0 saturated carbocycles. The molecule has 1 aliphatic rings. The van der Waals surface area contributed by atoms with Crippen molar-refractivity contribution in [2.24, 2.45) is 0 Å². The molecule has 1 saturated heterocycles. The maximum atomic E-state index is 12.5. The molecular formula is C19H21NO4. The molecule has 0 spiro atoms. The van der Waals surface area contributed by atoms with Crippen LogP contribution in [0.25, 0.3) is 10.8 Å². The number of likely N-dealkylation sites (tertiary alicyclic amines) is 1. The Morgan fingerprint density at radius 1 is 1.21 bits per heavy atom. The molecule has 1 fully saturated rings. The van der Waals surface area contributed by atoms with E-state index in [1.54, 1.807) is 7.11 Å². The highest BCUT2D eigenvalue weighted by Gasteiger charge is 2.39. The van der Waals surface area contributed by atoms with E-state index in [2.05, 4.69) is 12.1 Å². The first-order valence-electron chi connectivity index (χ1n) is 8.11. The van der Waals surface area contributed by atoms with E-state index in [1.165, 1.54) is 10.3 Å². The van der Waals surface area contributed by atoms with E-state index in [0.717, 1.165) is 10.9 Å². The number of carbonyl (C=O) groups is 2. The molecule has 5 heteroatoms. The van der Waals surface area contributed by atoms with E-state index in [1.807, 2.05) is 30.3 Å². The molecular weight excluding hydrogens is 306 g/mol. The zero-order valence-electron chi connectivity index (χ0n) is 13.6. The minimum absolute atomic E-state index is 0.130. The van der Waals surface area contributed by atoms with Crippen molar-refractivity contribution in [2.45, 2.75) is 31.4 Å². The predicted octanol–water partition coefficient (Wildman–Crippen LogP) is 2.47. The van der Waals surface area contributed by atoms with Crippen molar-refractivity contribution in [3.63, 3.8) is 0 Å². The van der Waals surface area contributed by atoms with Gasteiger partial charge in [0.1, 0.15) is 6.04 Å². The Kier molecular flexibility index (Phi) is 4.81. The smallest absolute Gasteiger partial charge is 0.326 e. The Morgan fingerprint density at radius 3 is 2.67 bits per heavy atom. The molecule has 1 amide bonds. The lowest BCUT2D eigenvalue weighted by Gasteiger charge is -2.21. The molecule has 5 nitrogen and oxygen atoms in total. The molecule has 2 aromatic carbocycles. The summed E-state index contributed by atoms with van der Waals surface area (Å²) in [5.74, 6) is -1.09. The number of aliphatic carboxylic acids is 1. The molecule has 1 N–H and O–H groups in total. The highest BCUT2D eigenvalue weighted by Crippen LogP contribution is 2.22. The van der Waals surface area contributed by atoms with Crippen molar-refractivity contribution in [2.75, 3.05) is 13.7 Å². The molecule has 1 heterocycles. The Balaban J connectivity index is 1.66. The summed E-state index contributed by atoms with van der Waals surface area (Å²) in [6, 6.07) is 13.5. The average molecular weight is 327 g/mol. The summed E-state index contributed by atoms with van der Waals surface area (Å²) in [5.41, 5.74) is 1.08. The fraction of sp³-hybridized carbons (Fsp3) is 0.368. The maximum absolute atomic E-state index is 12.5. The van der Waals surface area contributed by atoms with Gasteiger partial charge in [-0.2, -0.15) is 0 Å². The van der Waals surface area contributed by atoms with Gasteiger partial charge in [-0.25, -0.2) is 4.79 Å². The number of rotatable bonds is 5. The lowest BCUT2D eigenvalue weighted by atomic mass is 10.0. The Morgan fingerprint density at radius 2 is 1.96 bits per heavy atom. The summed E-state index contributed by atoms with van der Waals surface area (Å²) >= 11 is 0. The van der Waals surface area contributed by atoms with Crippen molar-refractivity contribution in [1.82, 2.24) is 4.90 Å². The van der Waals surface area contributed by atoms with E-state index >= 15 is 0 Å². The van der Waals surface area contributed by atoms with Crippen molar-refractivity contribution in [1.29, 1.82) is 0 Å². The third kappa shape index (κ3) is 3.41. The van der Waals surface area contributed by atoms with Gasteiger partial charge in [0, 0.05) is 26.5 Å². The molecule has 24 heavy (non-hydrogen) atoms. The van der Waals surface area contributed by atoms with Gasteiger partial charge < -0.3 is 14.7 Å². The van der Waals surface area contributed by atoms with Gasteiger partial charge in [-0.15, -0.1) is 0 Å². The maximum Gasteiger partial charge on any atom is 0.326 e. The number of hydrogen-bond donors (Lipinski definition) is 1. The van der Waals surface area contributed by atoms with E-state index in [9.17, 15) is 14.7 Å². The number of carbonyl (C=O) groups excluding carboxylic acids is 1. The monoisotopic (exact) mass is 327 g/mol. The van der Waals surface area contributed by atoms with E-state index in [4.69, 9.17) is 4.74 Å². The van der Waals surface area contributed by atoms with Crippen molar-refractivity contribution < 1.29 is 19.4 Å². The molecule has 126 valence electrons. The highest BCUT2D eigenvalue weighted by atomic mass is 16.5. The van der Waals surface area contributed by atoms with E-state index in [0.29, 0.717) is 25.8 Å². The van der Waals surface area contributed by atoms with Gasteiger partial charge in [0.05, 0.1) is 6.10 Å². The fourth-order valence-electron chi connectivity index (χ4n) is 3.27. The standard InChI is InChI=1S/C19H21NO4/c1-24-16-11-17(19(22)23)20(12-16)18(21)9-7-13-6-8-14-4-2-3-5-15(14)10-13/h2-6,8,10,16-17H,7,9,11-12H2,1H3,(H,22,23). The Labute approximate surface area is 140 Å². The fourth-order valence-corrected chi connectivity index (χ4v) is 3.27. The minimum Gasteiger partial charge on any atom is -0.480 e. The second-order valence-electron chi connectivity index (χ2n) is 6.18. The van der Waals surface area contributed by atoms with Crippen molar-refractivity contribution in [3.05, 3.63) is 48.0 Å². The summed E-state index contributed by atoms with van der Waals surface area (Å²) in [6.07, 6.45) is 1.06. The second kappa shape index (κ2) is 7.01. The SMILES string of the molecule is COC1CC(C(=O)O)N(C(=O)CCc2ccc3ccccc3c2)C1. The minimum atomic E-state index is -0.964. The molecule has 0 aliphatic carbocycles. The molecule has 2 atom stereocenters. The molecule has 0 bridgehead atoms. The summed E-state index contributed by atoms with van der Waals surface area (Å²) in [7, 11) is 1.55. The van der Waals surface area contributed by atoms with E-state index in [-0.39, 0.29) is 12.0 Å². The molecule has 1 aliphatic heterocycles. The second-order valence-corrected chi connectivity index (χ2v) is 6.18. The van der Waals surface area contributed by atoms with Crippen LogP contribution in [0, 0.1) is 0 Å². The van der Waals surface area contributed by atoms with Crippen LogP contribution in [0.15, 0.2) is 42.5 Å². The average Bonchev–Trinajstić information content (AvgIpc) is 3.04. The first-order valence-corrected chi connectivity index (χ1v) is 8.11. The lowest BCUT2D eigenvalue weighted by Crippen LogP contribution is -2.40. The zero-order chi connectivity index (χ0) is 17.1. The molecule has 2 aromatic rings. The van der Waals surface area contributed by atoms with Gasteiger partial charge >= 0.3 is 5.97 Å². The zero-order valence-corrected chi connectivity index (χ0v) is 13.6. The summed E-state index contributed by atoms with van der Waals surface area (Å²) < 4.78 is 5.23. The summed E-state index contributed by atoms with van der Waals surface area (Å²) in [6.45, 7) is 0.351. The molecule has 3 rings (SSSR count). The van der Waals surface area contributed by atoms with Crippen LogP contribution in [0.3, 0.4) is 0 Å². The quantitative estimate of drug-likeness (QED) is 0.916. The predicted molar refractivity (Wildman–Crippen MR) is 90.8 cm³/mol. The normalized spacial score (nSPS) is 20.5. The number of aryl methyl sites for hydroxylation is 1. The van der Waals surface area contributed by atoms with Gasteiger partial charge in [0.25, 0.3) is 0 Å². The number of amides is 1. The number of hydrogen-bond acceptors (Lipinski definition) is 3. The van der Waals surface area contributed by atoms with Crippen LogP contribution in [-0.4, -0.2) is 47.7 Å². The molecule has 2 unspecified atom stereocenters. The van der Waals surface area contributed by atoms with Gasteiger partial charge in [0.2, 0.25) is 5.91 Å². The summed E-state index contributed by atoms with van der Waals surface area (Å²) in [4.78, 5) is 25.3. The third-order valence-electron chi connectivity index (χ3n) is 4.64. The third-order valence-corrected chi connectivity index (χ3v) is 4.64. The number of methoxy groups -OCH3 is 1. The first kappa shape index (κ1) is 16.5. The number of benzene rings is 2. The van der Waals surface area contributed by atoms with Gasteiger partial charge in [-0.3, -0.25) is 4.79 Å². The van der Waals surface area contributed by atoms with Crippen LogP contribution >= 0.6 is 0 Å². The largest absolute Gasteiger partial charge is 0.480 e. The van der Waals surface area contributed by atoms with Gasteiger partial charge in [0.15, 0.2) is 0 Å². The number of carboxylic acid groups (broad SMARTS) is 1. The first-order chi connectivity index (χ1) is 11.6. The van der Waals surface area contributed by atoms with Crippen LogP contribution in [-0.2, 0) is 20.7 Å². The van der Waals surface area contributed by atoms with Crippen molar-refractivity contribution >= 4 is 22.6 Å². The Bertz CT molecular complexity index is 758. The lowest BCUT2D eigenvalue weighted by molar-refractivity contribution is -0.148. The summed E-state index contributed by atoms with van der Waals surface area (Å²) in [5, 5.41) is 11.6. The Hall–Kier alpha value is -2.40. The van der Waals surface area contributed by atoms with Gasteiger partial charge in [-0.05, 0) is 22.8 Å². The van der Waals surface area contributed by atoms with Crippen LogP contribution in [0.1, 0.15) is 18.4 Å². The van der Waals surface area contributed by atoms with Crippen molar-refractivity contribution in [3.8, 4) is 0 Å². The van der Waals surface area contributed by atoms with E-state index < -0.39 is 12.0 Å². The van der Waals surface area contributed by atoms with Crippen LogP contribution in [0.2, 0.25) is 0 Å². The van der Waals surface area contributed by atoms with Crippen LogP contribution in [0.5, 0.6) is 0 Å². The number of carboxylic acids is 1. The topological polar surface area (TPSA) is 66.8 Å².